The average Bonchev–Trinajstić information content (AvgIpc) is 2.38. The molecule has 0 spiro atoms. The Morgan fingerprint density at radius 1 is 1.33 bits per heavy atom. The zero-order chi connectivity index (χ0) is 15.6. The summed E-state index contributed by atoms with van der Waals surface area (Å²) >= 11 is 5.58. The molecular formula is C12H10ClN3O4S. The first kappa shape index (κ1) is 15.2. The highest BCUT2D eigenvalue weighted by molar-refractivity contribution is 7.92. The second kappa shape index (κ2) is 5.66. The highest BCUT2D eigenvalue weighted by Crippen LogP contribution is 2.20. The molecule has 110 valence electrons. The molecule has 0 saturated heterocycles. The van der Waals surface area contributed by atoms with Crippen LogP contribution >= 0.6 is 11.6 Å². The van der Waals surface area contributed by atoms with Crippen molar-refractivity contribution in [3.05, 3.63) is 46.9 Å². The summed E-state index contributed by atoms with van der Waals surface area (Å²) in [7, 11) is -3.98. The van der Waals surface area contributed by atoms with Crippen LogP contribution in [0.15, 0.2) is 35.4 Å². The van der Waals surface area contributed by atoms with Crippen molar-refractivity contribution >= 4 is 33.4 Å². The standard InChI is InChI=1S/C12H10ClN3O4S/c1-7-2-3-8(11(17)18)6-9(7)21(19,20)16-10-4-5-14-12(13)15-10/h2-6H,1H3,(H,17,18)(H,14,15,16). The maximum atomic E-state index is 12.3. The number of sulfonamides is 1. The van der Waals surface area contributed by atoms with Crippen LogP contribution in [0, 0.1) is 6.92 Å². The van der Waals surface area contributed by atoms with Gasteiger partial charge in [0.05, 0.1) is 10.5 Å². The van der Waals surface area contributed by atoms with Gasteiger partial charge in [0, 0.05) is 6.20 Å². The lowest BCUT2D eigenvalue weighted by Crippen LogP contribution is -2.16. The van der Waals surface area contributed by atoms with E-state index in [0.717, 1.165) is 6.07 Å². The third-order valence-corrected chi connectivity index (χ3v) is 4.27. The zero-order valence-electron chi connectivity index (χ0n) is 10.7. The van der Waals surface area contributed by atoms with E-state index in [4.69, 9.17) is 16.7 Å². The van der Waals surface area contributed by atoms with Crippen molar-refractivity contribution in [3.8, 4) is 0 Å². The molecule has 2 rings (SSSR count). The maximum Gasteiger partial charge on any atom is 0.335 e. The molecule has 7 nitrogen and oxygen atoms in total. The van der Waals surface area contributed by atoms with Crippen LogP contribution in [0.5, 0.6) is 0 Å². The van der Waals surface area contributed by atoms with Gasteiger partial charge < -0.3 is 5.11 Å². The molecule has 2 aromatic rings. The predicted molar refractivity (Wildman–Crippen MR) is 76.0 cm³/mol. The van der Waals surface area contributed by atoms with Crippen molar-refractivity contribution in [2.75, 3.05) is 4.72 Å². The summed E-state index contributed by atoms with van der Waals surface area (Å²) < 4.78 is 26.8. The van der Waals surface area contributed by atoms with E-state index in [1.807, 2.05) is 0 Å². The minimum Gasteiger partial charge on any atom is -0.478 e. The van der Waals surface area contributed by atoms with Gasteiger partial charge in [-0.3, -0.25) is 4.72 Å². The molecule has 0 fully saturated rings. The second-order valence-corrected chi connectivity index (χ2v) is 6.09. The molecule has 0 bridgehead atoms. The second-order valence-electron chi connectivity index (χ2n) is 4.10. The minimum atomic E-state index is -3.98. The number of carbonyl (C=O) groups is 1. The lowest BCUT2D eigenvalue weighted by Gasteiger charge is -2.10. The van der Waals surface area contributed by atoms with Crippen LogP contribution < -0.4 is 4.72 Å². The number of nitrogens with zero attached hydrogens (tertiary/aromatic N) is 2. The van der Waals surface area contributed by atoms with Gasteiger partial charge in [-0.05, 0) is 42.3 Å². The number of hydrogen-bond donors (Lipinski definition) is 2. The van der Waals surface area contributed by atoms with Crippen LogP contribution in [0.2, 0.25) is 5.28 Å². The summed E-state index contributed by atoms with van der Waals surface area (Å²) in [6, 6.07) is 5.17. The third kappa shape index (κ3) is 3.47. The number of rotatable bonds is 4. The highest BCUT2D eigenvalue weighted by Gasteiger charge is 2.19. The van der Waals surface area contributed by atoms with Gasteiger partial charge in [-0.25, -0.2) is 18.2 Å². The van der Waals surface area contributed by atoms with Gasteiger partial charge in [-0.1, -0.05) is 6.07 Å². The van der Waals surface area contributed by atoms with Crippen molar-refractivity contribution in [2.45, 2.75) is 11.8 Å². The quantitative estimate of drug-likeness (QED) is 0.830. The Kier molecular flexibility index (Phi) is 4.10. The summed E-state index contributed by atoms with van der Waals surface area (Å²) in [5, 5.41) is 8.83. The summed E-state index contributed by atoms with van der Waals surface area (Å²) in [4.78, 5) is 18.2. The molecule has 0 unspecified atom stereocenters. The van der Waals surface area contributed by atoms with Crippen LogP contribution in [0.3, 0.4) is 0 Å². The van der Waals surface area contributed by atoms with Crippen LogP contribution in [0.25, 0.3) is 0 Å². The van der Waals surface area contributed by atoms with E-state index < -0.39 is 16.0 Å². The number of nitrogens with one attached hydrogen (secondary N) is 1. The van der Waals surface area contributed by atoms with Gasteiger partial charge in [0.15, 0.2) is 0 Å². The summed E-state index contributed by atoms with van der Waals surface area (Å²) in [5.74, 6) is -1.22. The Morgan fingerprint density at radius 3 is 2.67 bits per heavy atom. The number of aryl methyl sites for hydroxylation is 1. The van der Waals surface area contributed by atoms with E-state index in [1.165, 1.54) is 24.4 Å². The van der Waals surface area contributed by atoms with Crippen molar-refractivity contribution in [3.63, 3.8) is 0 Å². The molecule has 0 aliphatic carbocycles. The Morgan fingerprint density at radius 2 is 2.05 bits per heavy atom. The molecule has 1 aromatic heterocycles. The molecule has 0 saturated carbocycles. The van der Waals surface area contributed by atoms with E-state index in [1.54, 1.807) is 6.92 Å². The monoisotopic (exact) mass is 327 g/mol. The fourth-order valence-corrected chi connectivity index (χ4v) is 3.03. The molecule has 1 aromatic carbocycles. The molecule has 21 heavy (non-hydrogen) atoms. The number of aromatic carboxylic acids is 1. The first-order valence-electron chi connectivity index (χ1n) is 5.65. The largest absolute Gasteiger partial charge is 0.478 e. The molecule has 0 aliphatic heterocycles. The summed E-state index contributed by atoms with van der Waals surface area (Å²) in [6.07, 6.45) is 1.30. The van der Waals surface area contributed by atoms with Crippen LogP contribution in [0.4, 0.5) is 5.82 Å². The van der Waals surface area contributed by atoms with Gasteiger partial charge in [-0.2, -0.15) is 4.98 Å². The van der Waals surface area contributed by atoms with E-state index in [-0.39, 0.29) is 21.6 Å². The first-order valence-corrected chi connectivity index (χ1v) is 7.51. The molecule has 0 amide bonds. The van der Waals surface area contributed by atoms with Crippen molar-refractivity contribution in [1.82, 2.24) is 9.97 Å². The van der Waals surface area contributed by atoms with E-state index in [0.29, 0.717) is 5.56 Å². The van der Waals surface area contributed by atoms with Crippen LogP contribution in [-0.4, -0.2) is 29.5 Å². The summed E-state index contributed by atoms with van der Waals surface area (Å²) in [6.45, 7) is 1.56. The highest BCUT2D eigenvalue weighted by atomic mass is 35.5. The van der Waals surface area contributed by atoms with Gasteiger partial charge in [0.25, 0.3) is 10.0 Å². The smallest absolute Gasteiger partial charge is 0.335 e. The van der Waals surface area contributed by atoms with Crippen LogP contribution in [-0.2, 0) is 10.0 Å². The van der Waals surface area contributed by atoms with Gasteiger partial charge >= 0.3 is 5.97 Å². The molecule has 0 aliphatic rings. The first-order chi connectivity index (χ1) is 9.79. The zero-order valence-corrected chi connectivity index (χ0v) is 12.3. The maximum absolute atomic E-state index is 12.3. The average molecular weight is 328 g/mol. The Hall–Kier alpha value is -2.19. The van der Waals surface area contributed by atoms with Gasteiger partial charge in [-0.15, -0.1) is 0 Å². The van der Waals surface area contributed by atoms with Crippen molar-refractivity contribution < 1.29 is 18.3 Å². The SMILES string of the molecule is Cc1ccc(C(=O)O)cc1S(=O)(=O)Nc1ccnc(Cl)n1. The van der Waals surface area contributed by atoms with E-state index in [9.17, 15) is 13.2 Å². The van der Waals surface area contributed by atoms with Gasteiger partial charge in [0.1, 0.15) is 5.82 Å². The fraction of sp³-hybridized carbons (Fsp3) is 0.0833. The number of benzene rings is 1. The minimum absolute atomic E-state index is 0.00451. The normalized spacial score (nSPS) is 11.1. The number of carboxylic acid groups (broad SMARTS) is 1. The fourth-order valence-electron chi connectivity index (χ4n) is 1.61. The molecule has 2 N–H and O–H groups in total. The molecule has 9 heteroatoms. The lowest BCUT2D eigenvalue weighted by atomic mass is 10.1. The van der Waals surface area contributed by atoms with Crippen molar-refractivity contribution in [2.24, 2.45) is 0 Å². The summed E-state index contributed by atoms with van der Waals surface area (Å²) in [5.41, 5.74) is 0.286. The van der Waals surface area contributed by atoms with Gasteiger partial charge in [0.2, 0.25) is 5.28 Å². The van der Waals surface area contributed by atoms with Crippen molar-refractivity contribution in [1.29, 1.82) is 0 Å². The number of carboxylic acids is 1. The van der Waals surface area contributed by atoms with E-state index >= 15 is 0 Å². The lowest BCUT2D eigenvalue weighted by molar-refractivity contribution is 0.0696. The Balaban J connectivity index is 2.44. The third-order valence-electron chi connectivity index (χ3n) is 2.59. The predicted octanol–water partition coefficient (Wildman–Crippen LogP) is 1.94. The van der Waals surface area contributed by atoms with E-state index in [2.05, 4.69) is 14.7 Å². The number of anilines is 1. The topological polar surface area (TPSA) is 109 Å². The Labute approximate surface area is 125 Å². The number of hydrogen-bond acceptors (Lipinski definition) is 5. The molecule has 0 atom stereocenters. The number of aromatic nitrogens is 2. The molecule has 0 radical (unpaired) electrons. The number of halogens is 1. The Bertz CT molecular complexity index is 808. The van der Waals surface area contributed by atoms with Crippen LogP contribution in [0.1, 0.15) is 15.9 Å². The molecular weight excluding hydrogens is 318 g/mol. The molecule has 1 heterocycles.